The van der Waals surface area contributed by atoms with Gasteiger partial charge in [0, 0.05) is 12.6 Å². The number of likely N-dealkylation sites (tertiary alicyclic amines) is 1. The molecule has 2 aliphatic rings. The first-order valence-corrected chi connectivity index (χ1v) is 5.96. The minimum atomic E-state index is 0.773. The average molecular weight is 183 g/mol. The molecule has 0 unspecified atom stereocenters. The van der Waals surface area contributed by atoms with Crippen molar-refractivity contribution in [3.05, 3.63) is 0 Å². The van der Waals surface area contributed by atoms with Gasteiger partial charge in [-0.15, -0.1) is 0 Å². The highest BCUT2D eigenvalue weighted by molar-refractivity contribution is 4.96. The maximum atomic E-state index is 2.64. The molecule has 0 N–H and O–H groups in total. The molecule has 78 valence electrons. The van der Waals surface area contributed by atoms with Crippen molar-refractivity contribution < 1.29 is 0 Å². The molecule has 0 amide bonds. The normalized spacial score (nSPS) is 25.6. The quantitative estimate of drug-likeness (QED) is 0.603. The molecule has 1 nitrogen and oxygen atoms in total. The standard InChI is InChI=1S/C10H19N.C2H6/c1-9(2)11-7-6-10(8-11)4-3-5-10;1-2/h9H,3-8H2,1-2H3;1-2H3. The van der Waals surface area contributed by atoms with Gasteiger partial charge in [0.05, 0.1) is 0 Å². The Labute approximate surface area is 83.5 Å². The van der Waals surface area contributed by atoms with Gasteiger partial charge in [-0.25, -0.2) is 0 Å². The summed E-state index contributed by atoms with van der Waals surface area (Å²) < 4.78 is 0. The summed E-state index contributed by atoms with van der Waals surface area (Å²) in [5.41, 5.74) is 0.796. The van der Waals surface area contributed by atoms with E-state index in [1.165, 1.54) is 38.8 Å². The molecular weight excluding hydrogens is 158 g/mol. The van der Waals surface area contributed by atoms with Crippen LogP contribution in [0.4, 0.5) is 0 Å². The van der Waals surface area contributed by atoms with Crippen LogP contribution in [0.25, 0.3) is 0 Å². The summed E-state index contributed by atoms with van der Waals surface area (Å²) in [4.78, 5) is 2.64. The second-order valence-corrected chi connectivity index (χ2v) is 4.67. The summed E-state index contributed by atoms with van der Waals surface area (Å²) in [6.07, 6.45) is 5.99. The van der Waals surface area contributed by atoms with Gasteiger partial charge in [-0.3, -0.25) is 0 Å². The predicted molar refractivity (Wildman–Crippen MR) is 59.0 cm³/mol. The van der Waals surface area contributed by atoms with E-state index >= 15 is 0 Å². The molecule has 0 bridgehead atoms. The van der Waals surface area contributed by atoms with Crippen LogP contribution < -0.4 is 0 Å². The highest BCUT2D eigenvalue weighted by atomic mass is 15.2. The topological polar surface area (TPSA) is 3.24 Å². The summed E-state index contributed by atoms with van der Waals surface area (Å²) in [6.45, 7) is 11.4. The molecule has 1 saturated carbocycles. The molecule has 2 rings (SSSR count). The van der Waals surface area contributed by atoms with Crippen molar-refractivity contribution in [3.63, 3.8) is 0 Å². The number of nitrogens with zero attached hydrogens (tertiary/aromatic N) is 1. The SMILES string of the molecule is CC.CC(C)N1CCC2(CCC2)C1. The van der Waals surface area contributed by atoms with Gasteiger partial charge < -0.3 is 4.90 Å². The predicted octanol–water partition coefficient (Wildman–Crippen LogP) is 3.30. The van der Waals surface area contributed by atoms with Crippen molar-refractivity contribution in [1.82, 2.24) is 4.90 Å². The molecular formula is C12H25N. The Hall–Kier alpha value is -0.0400. The van der Waals surface area contributed by atoms with Gasteiger partial charge in [0.15, 0.2) is 0 Å². The zero-order valence-corrected chi connectivity index (χ0v) is 9.77. The van der Waals surface area contributed by atoms with Crippen LogP contribution in [0.5, 0.6) is 0 Å². The molecule has 1 aliphatic heterocycles. The molecule has 1 saturated heterocycles. The van der Waals surface area contributed by atoms with Crippen LogP contribution in [0.2, 0.25) is 0 Å². The largest absolute Gasteiger partial charge is 0.300 e. The lowest BCUT2D eigenvalue weighted by atomic mass is 9.68. The third kappa shape index (κ3) is 2.25. The summed E-state index contributed by atoms with van der Waals surface area (Å²) in [5.74, 6) is 0. The van der Waals surface area contributed by atoms with Crippen LogP contribution in [0.3, 0.4) is 0 Å². The van der Waals surface area contributed by atoms with Crippen molar-refractivity contribution in [1.29, 1.82) is 0 Å². The molecule has 1 spiro atoms. The van der Waals surface area contributed by atoms with Gasteiger partial charge in [-0.05, 0) is 45.1 Å². The van der Waals surface area contributed by atoms with E-state index in [0.717, 1.165) is 11.5 Å². The Bertz CT molecular complexity index is 147. The van der Waals surface area contributed by atoms with Gasteiger partial charge in [0.25, 0.3) is 0 Å². The number of hydrogen-bond donors (Lipinski definition) is 0. The lowest BCUT2D eigenvalue weighted by Crippen LogP contribution is -2.35. The zero-order chi connectivity index (χ0) is 9.90. The minimum absolute atomic E-state index is 0.773. The van der Waals surface area contributed by atoms with Crippen molar-refractivity contribution in [2.24, 2.45) is 5.41 Å². The van der Waals surface area contributed by atoms with Gasteiger partial charge in [-0.1, -0.05) is 20.3 Å². The van der Waals surface area contributed by atoms with Gasteiger partial charge in [-0.2, -0.15) is 0 Å². The van der Waals surface area contributed by atoms with Crippen LogP contribution >= 0.6 is 0 Å². The number of hydrogen-bond acceptors (Lipinski definition) is 1. The van der Waals surface area contributed by atoms with E-state index in [1.54, 1.807) is 0 Å². The second-order valence-electron chi connectivity index (χ2n) is 4.67. The van der Waals surface area contributed by atoms with Crippen LogP contribution in [-0.2, 0) is 0 Å². The fraction of sp³-hybridized carbons (Fsp3) is 1.00. The molecule has 1 heterocycles. The van der Waals surface area contributed by atoms with Crippen LogP contribution in [0.15, 0.2) is 0 Å². The monoisotopic (exact) mass is 183 g/mol. The molecule has 1 aliphatic carbocycles. The van der Waals surface area contributed by atoms with E-state index < -0.39 is 0 Å². The highest BCUT2D eigenvalue weighted by Crippen LogP contribution is 2.48. The van der Waals surface area contributed by atoms with Crippen LogP contribution in [0.1, 0.15) is 53.4 Å². The van der Waals surface area contributed by atoms with Crippen LogP contribution in [0, 0.1) is 5.41 Å². The Morgan fingerprint density at radius 2 is 1.69 bits per heavy atom. The van der Waals surface area contributed by atoms with Crippen molar-refractivity contribution in [3.8, 4) is 0 Å². The Morgan fingerprint density at radius 1 is 1.08 bits per heavy atom. The lowest BCUT2D eigenvalue weighted by Gasteiger charge is -2.38. The van der Waals surface area contributed by atoms with Gasteiger partial charge >= 0.3 is 0 Å². The molecule has 1 heteroatoms. The fourth-order valence-electron chi connectivity index (χ4n) is 2.50. The van der Waals surface area contributed by atoms with E-state index in [9.17, 15) is 0 Å². The third-order valence-corrected chi connectivity index (χ3v) is 3.61. The molecule has 0 aromatic carbocycles. The molecule has 0 aromatic rings. The first-order chi connectivity index (χ1) is 6.22. The summed E-state index contributed by atoms with van der Waals surface area (Å²) in [7, 11) is 0. The van der Waals surface area contributed by atoms with Crippen molar-refractivity contribution in [2.75, 3.05) is 13.1 Å². The minimum Gasteiger partial charge on any atom is -0.300 e. The summed E-state index contributed by atoms with van der Waals surface area (Å²) >= 11 is 0. The maximum absolute atomic E-state index is 2.64. The van der Waals surface area contributed by atoms with Crippen LogP contribution in [-0.4, -0.2) is 24.0 Å². The van der Waals surface area contributed by atoms with Gasteiger partial charge in [0.2, 0.25) is 0 Å². The smallest absolute Gasteiger partial charge is 0.00412 e. The van der Waals surface area contributed by atoms with E-state index in [-0.39, 0.29) is 0 Å². The lowest BCUT2D eigenvalue weighted by molar-refractivity contribution is 0.130. The highest BCUT2D eigenvalue weighted by Gasteiger charge is 2.42. The fourth-order valence-corrected chi connectivity index (χ4v) is 2.50. The Morgan fingerprint density at radius 3 is 1.92 bits per heavy atom. The van der Waals surface area contributed by atoms with E-state index in [2.05, 4.69) is 18.7 Å². The third-order valence-electron chi connectivity index (χ3n) is 3.61. The Kier molecular flexibility index (Phi) is 3.78. The van der Waals surface area contributed by atoms with Gasteiger partial charge in [0.1, 0.15) is 0 Å². The Balaban J connectivity index is 0.000000396. The molecule has 0 radical (unpaired) electrons. The van der Waals surface area contributed by atoms with E-state index in [4.69, 9.17) is 0 Å². The summed E-state index contributed by atoms with van der Waals surface area (Å²) in [5, 5.41) is 0. The second kappa shape index (κ2) is 4.45. The van der Waals surface area contributed by atoms with Crippen molar-refractivity contribution in [2.45, 2.75) is 59.4 Å². The molecule has 0 atom stereocenters. The number of rotatable bonds is 1. The molecule has 2 fully saturated rings. The molecule has 0 aromatic heterocycles. The van der Waals surface area contributed by atoms with E-state index in [1.807, 2.05) is 13.8 Å². The first-order valence-electron chi connectivity index (χ1n) is 5.96. The zero-order valence-electron chi connectivity index (χ0n) is 9.77. The molecule has 13 heavy (non-hydrogen) atoms. The maximum Gasteiger partial charge on any atom is 0.00412 e. The first kappa shape index (κ1) is 11.0. The van der Waals surface area contributed by atoms with Crippen molar-refractivity contribution >= 4 is 0 Å². The van der Waals surface area contributed by atoms with E-state index in [0.29, 0.717) is 0 Å². The average Bonchev–Trinajstić information content (AvgIpc) is 2.51. The summed E-state index contributed by atoms with van der Waals surface area (Å²) in [6, 6.07) is 0.773.